The van der Waals surface area contributed by atoms with Crippen LogP contribution in [0, 0.1) is 0 Å². The van der Waals surface area contributed by atoms with Gasteiger partial charge in [0.05, 0.1) is 13.0 Å². The largest absolute Gasteiger partial charge is 0.337 e. The highest BCUT2D eigenvalue weighted by molar-refractivity contribution is 5.79. The van der Waals surface area contributed by atoms with Crippen LogP contribution in [-0.2, 0) is 24.8 Å². The highest BCUT2D eigenvalue weighted by Crippen LogP contribution is 2.28. The van der Waals surface area contributed by atoms with Gasteiger partial charge in [0.2, 0.25) is 5.91 Å². The molecule has 0 radical (unpaired) electrons. The molecule has 1 fully saturated rings. The maximum Gasteiger partial charge on any atom is 0.227 e. The van der Waals surface area contributed by atoms with Gasteiger partial charge in [-0.1, -0.05) is 6.07 Å². The summed E-state index contributed by atoms with van der Waals surface area (Å²) in [7, 11) is 1.96. The predicted octanol–water partition coefficient (Wildman–Crippen LogP) is 1.55. The van der Waals surface area contributed by atoms with Crippen molar-refractivity contribution in [3.63, 3.8) is 0 Å². The molecule has 0 saturated heterocycles. The van der Waals surface area contributed by atoms with E-state index in [1.54, 1.807) is 18.6 Å². The maximum absolute atomic E-state index is 12.5. The summed E-state index contributed by atoms with van der Waals surface area (Å²) in [5, 5.41) is 0. The van der Waals surface area contributed by atoms with Crippen LogP contribution in [-0.4, -0.2) is 31.4 Å². The minimum atomic E-state index is 0.156. The van der Waals surface area contributed by atoms with Crippen LogP contribution >= 0.6 is 0 Å². The van der Waals surface area contributed by atoms with Crippen LogP contribution in [0.3, 0.4) is 0 Å². The van der Waals surface area contributed by atoms with Crippen LogP contribution in [0.1, 0.15) is 24.2 Å². The Morgan fingerprint density at radius 3 is 2.90 bits per heavy atom. The summed E-state index contributed by atoms with van der Waals surface area (Å²) in [6, 6.07) is 4.19. The van der Waals surface area contributed by atoms with E-state index in [9.17, 15) is 4.79 Å². The van der Waals surface area contributed by atoms with Crippen LogP contribution in [0.5, 0.6) is 0 Å². The second-order valence-corrected chi connectivity index (χ2v) is 5.25. The van der Waals surface area contributed by atoms with E-state index in [-0.39, 0.29) is 5.91 Å². The number of rotatable bonds is 5. The molecule has 0 unspecified atom stereocenters. The summed E-state index contributed by atoms with van der Waals surface area (Å²) in [4.78, 5) is 22.8. The smallest absolute Gasteiger partial charge is 0.227 e. The average Bonchev–Trinajstić information content (AvgIpc) is 3.21. The Morgan fingerprint density at radius 1 is 1.45 bits per heavy atom. The highest BCUT2D eigenvalue weighted by Gasteiger charge is 2.33. The molecule has 5 nitrogen and oxygen atoms in total. The number of hydrogen-bond donors (Lipinski definition) is 0. The molecule has 0 atom stereocenters. The van der Waals surface area contributed by atoms with Gasteiger partial charge in [0.15, 0.2) is 0 Å². The van der Waals surface area contributed by atoms with Crippen molar-refractivity contribution in [1.82, 2.24) is 19.4 Å². The lowest BCUT2D eigenvalue weighted by Crippen LogP contribution is -2.34. The van der Waals surface area contributed by atoms with Crippen LogP contribution < -0.4 is 0 Å². The van der Waals surface area contributed by atoms with E-state index < -0.39 is 0 Å². The molecule has 2 aromatic rings. The van der Waals surface area contributed by atoms with Crippen molar-refractivity contribution in [3.8, 4) is 0 Å². The Hall–Kier alpha value is -2.17. The second-order valence-electron chi connectivity index (χ2n) is 5.25. The summed E-state index contributed by atoms with van der Waals surface area (Å²) < 4.78 is 1.97. The first kappa shape index (κ1) is 12.8. The Morgan fingerprint density at radius 2 is 2.30 bits per heavy atom. The Labute approximate surface area is 118 Å². The summed E-state index contributed by atoms with van der Waals surface area (Å²) in [6.07, 6.45) is 9.77. The van der Waals surface area contributed by atoms with Gasteiger partial charge in [0.1, 0.15) is 5.82 Å². The minimum absolute atomic E-state index is 0.156. The quantitative estimate of drug-likeness (QED) is 0.828. The van der Waals surface area contributed by atoms with Crippen molar-refractivity contribution >= 4 is 5.91 Å². The molecular weight excluding hydrogens is 252 g/mol. The molecule has 1 saturated carbocycles. The van der Waals surface area contributed by atoms with Crippen LogP contribution in [0.15, 0.2) is 36.9 Å². The van der Waals surface area contributed by atoms with E-state index in [0.29, 0.717) is 19.0 Å². The first-order valence-corrected chi connectivity index (χ1v) is 6.88. The first-order valence-electron chi connectivity index (χ1n) is 6.88. The summed E-state index contributed by atoms with van der Waals surface area (Å²) in [6.45, 7) is 0.591. The van der Waals surface area contributed by atoms with Gasteiger partial charge in [0.25, 0.3) is 0 Å². The number of nitrogens with zero attached hydrogens (tertiary/aromatic N) is 4. The zero-order valence-corrected chi connectivity index (χ0v) is 11.6. The van der Waals surface area contributed by atoms with Gasteiger partial charge in [-0.25, -0.2) is 4.98 Å². The number of imidazole rings is 1. The fourth-order valence-electron chi connectivity index (χ4n) is 2.29. The maximum atomic E-state index is 12.5. The van der Waals surface area contributed by atoms with Crippen molar-refractivity contribution < 1.29 is 4.79 Å². The van der Waals surface area contributed by atoms with Gasteiger partial charge in [-0.3, -0.25) is 9.78 Å². The van der Waals surface area contributed by atoms with Gasteiger partial charge in [-0.15, -0.1) is 0 Å². The molecular formula is C15H18N4O. The molecule has 0 N–H and O–H groups in total. The molecule has 1 amide bonds. The van der Waals surface area contributed by atoms with Crippen LogP contribution in [0.25, 0.3) is 0 Å². The third-order valence-electron chi connectivity index (χ3n) is 3.62. The predicted molar refractivity (Wildman–Crippen MR) is 74.7 cm³/mol. The molecule has 5 heteroatoms. The molecule has 1 aliphatic carbocycles. The third-order valence-corrected chi connectivity index (χ3v) is 3.62. The van der Waals surface area contributed by atoms with E-state index >= 15 is 0 Å². The van der Waals surface area contributed by atoms with Crippen LogP contribution in [0.2, 0.25) is 0 Å². The monoisotopic (exact) mass is 270 g/mol. The average molecular weight is 270 g/mol. The van der Waals surface area contributed by atoms with Crippen LogP contribution in [0.4, 0.5) is 0 Å². The second kappa shape index (κ2) is 5.45. The first-order chi connectivity index (χ1) is 9.74. The van der Waals surface area contributed by atoms with Crippen molar-refractivity contribution in [2.24, 2.45) is 7.05 Å². The highest BCUT2D eigenvalue weighted by atomic mass is 16.2. The summed E-state index contributed by atoms with van der Waals surface area (Å²) in [5.41, 5.74) is 0.961. The molecule has 104 valence electrons. The molecule has 3 rings (SSSR count). The summed E-state index contributed by atoms with van der Waals surface area (Å²) in [5.74, 6) is 1.08. The SMILES string of the molecule is Cn1ccnc1CN(C(=O)Cc1cccnc1)C1CC1. The van der Waals surface area contributed by atoms with Gasteiger partial charge in [-0.2, -0.15) is 0 Å². The molecule has 1 aliphatic rings. The van der Waals surface area contributed by atoms with Crippen molar-refractivity contribution in [2.75, 3.05) is 0 Å². The molecule has 0 aromatic carbocycles. The lowest BCUT2D eigenvalue weighted by molar-refractivity contribution is -0.131. The lowest BCUT2D eigenvalue weighted by atomic mass is 10.2. The van der Waals surface area contributed by atoms with E-state index in [1.807, 2.05) is 34.8 Å². The topological polar surface area (TPSA) is 51.0 Å². The molecule has 2 aromatic heterocycles. The zero-order chi connectivity index (χ0) is 13.9. The number of hydrogen-bond acceptors (Lipinski definition) is 3. The number of amides is 1. The zero-order valence-electron chi connectivity index (χ0n) is 11.6. The van der Waals surface area contributed by atoms with Crippen molar-refractivity contribution in [3.05, 3.63) is 48.3 Å². The van der Waals surface area contributed by atoms with E-state index in [4.69, 9.17) is 0 Å². The van der Waals surface area contributed by atoms with E-state index in [0.717, 1.165) is 24.2 Å². The number of carbonyl (C=O) groups is 1. The third kappa shape index (κ3) is 2.87. The number of carbonyl (C=O) groups excluding carboxylic acids is 1. The molecule has 0 bridgehead atoms. The Bertz CT molecular complexity index is 589. The fraction of sp³-hybridized carbons (Fsp3) is 0.400. The van der Waals surface area contributed by atoms with E-state index in [1.165, 1.54) is 0 Å². The van der Waals surface area contributed by atoms with Gasteiger partial charge >= 0.3 is 0 Å². The minimum Gasteiger partial charge on any atom is -0.337 e. The Balaban J connectivity index is 1.71. The summed E-state index contributed by atoms with van der Waals surface area (Å²) >= 11 is 0. The lowest BCUT2D eigenvalue weighted by Gasteiger charge is -2.22. The van der Waals surface area contributed by atoms with Crippen molar-refractivity contribution in [2.45, 2.75) is 31.8 Å². The number of aromatic nitrogens is 3. The van der Waals surface area contributed by atoms with E-state index in [2.05, 4.69) is 9.97 Å². The molecule has 2 heterocycles. The standard InChI is InChI=1S/C15H18N4O/c1-18-8-7-17-14(18)11-19(13-4-5-13)15(20)9-12-3-2-6-16-10-12/h2-3,6-8,10,13H,4-5,9,11H2,1H3. The molecule has 20 heavy (non-hydrogen) atoms. The molecule has 0 spiro atoms. The van der Waals surface area contributed by atoms with Gasteiger partial charge in [-0.05, 0) is 24.5 Å². The molecule has 0 aliphatic heterocycles. The Kier molecular flexibility index (Phi) is 3.50. The van der Waals surface area contributed by atoms with Crippen molar-refractivity contribution in [1.29, 1.82) is 0 Å². The number of aryl methyl sites for hydroxylation is 1. The van der Waals surface area contributed by atoms with Gasteiger partial charge in [0, 0.05) is 37.9 Å². The number of pyridine rings is 1. The van der Waals surface area contributed by atoms with Gasteiger partial charge < -0.3 is 9.47 Å². The normalized spacial score (nSPS) is 14.2. The fourth-order valence-corrected chi connectivity index (χ4v) is 2.29.